The Morgan fingerprint density at radius 2 is 2.32 bits per heavy atom. The molecule has 1 unspecified atom stereocenters. The first-order chi connectivity index (χ1) is 9.13. The SMILES string of the molecule is COc1ccc(C(Cc2csc(C)n2)NN)cc1F. The van der Waals surface area contributed by atoms with Gasteiger partial charge in [0.1, 0.15) is 0 Å². The van der Waals surface area contributed by atoms with Crippen molar-refractivity contribution < 1.29 is 9.13 Å². The summed E-state index contributed by atoms with van der Waals surface area (Å²) in [7, 11) is 1.44. The Kier molecular flexibility index (Phi) is 4.47. The van der Waals surface area contributed by atoms with E-state index in [1.165, 1.54) is 13.2 Å². The number of ether oxygens (including phenoxy) is 1. The summed E-state index contributed by atoms with van der Waals surface area (Å²) in [5.41, 5.74) is 4.41. The number of nitrogens with one attached hydrogen (secondary N) is 1. The lowest BCUT2D eigenvalue weighted by molar-refractivity contribution is 0.385. The number of thiazole rings is 1. The highest BCUT2D eigenvalue weighted by molar-refractivity contribution is 7.09. The Morgan fingerprint density at radius 3 is 2.84 bits per heavy atom. The Hall–Kier alpha value is -1.50. The van der Waals surface area contributed by atoms with Gasteiger partial charge in [0, 0.05) is 11.8 Å². The molecule has 2 rings (SSSR count). The van der Waals surface area contributed by atoms with Gasteiger partial charge in [0.25, 0.3) is 0 Å². The van der Waals surface area contributed by atoms with Crippen LogP contribution in [0.2, 0.25) is 0 Å². The smallest absolute Gasteiger partial charge is 0.165 e. The minimum atomic E-state index is -0.394. The predicted octanol–water partition coefficient (Wildman–Crippen LogP) is 2.35. The minimum absolute atomic E-state index is 0.179. The molecule has 0 aliphatic rings. The number of hydrogen-bond donors (Lipinski definition) is 2. The van der Waals surface area contributed by atoms with Crippen molar-refractivity contribution in [1.29, 1.82) is 0 Å². The van der Waals surface area contributed by atoms with Crippen molar-refractivity contribution >= 4 is 11.3 Å². The number of halogens is 1. The molecule has 0 bridgehead atoms. The van der Waals surface area contributed by atoms with Gasteiger partial charge in [0.2, 0.25) is 0 Å². The Morgan fingerprint density at radius 1 is 1.53 bits per heavy atom. The lowest BCUT2D eigenvalue weighted by Gasteiger charge is -2.16. The molecule has 1 atom stereocenters. The van der Waals surface area contributed by atoms with Gasteiger partial charge in [0.05, 0.1) is 23.9 Å². The largest absolute Gasteiger partial charge is 0.494 e. The van der Waals surface area contributed by atoms with Crippen LogP contribution in [0.15, 0.2) is 23.6 Å². The molecule has 0 aliphatic carbocycles. The topological polar surface area (TPSA) is 60.2 Å². The van der Waals surface area contributed by atoms with Gasteiger partial charge in [0.15, 0.2) is 11.6 Å². The first-order valence-corrected chi connectivity index (χ1v) is 6.72. The molecule has 1 aromatic carbocycles. The summed E-state index contributed by atoms with van der Waals surface area (Å²) < 4.78 is 18.6. The van der Waals surface area contributed by atoms with Gasteiger partial charge in [-0.25, -0.2) is 9.37 Å². The molecule has 0 radical (unpaired) electrons. The Bertz CT molecular complexity index is 559. The molecular weight excluding hydrogens is 265 g/mol. The van der Waals surface area contributed by atoms with Crippen molar-refractivity contribution in [2.45, 2.75) is 19.4 Å². The molecular formula is C13H16FN3OS. The van der Waals surface area contributed by atoms with Gasteiger partial charge < -0.3 is 4.74 Å². The zero-order valence-electron chi connectivity index (χ0n) is 10.8. The van der Waals surface area contributed by atoms with E-state index in [2.05, 4.69) is 10.4 Å². The van der Waals surface area contributed by atoms with Crippen LogP contribution in [0.4, 0.5) is 4.39 Å². The van der Waals surface area contributed by atoms with Crippen LogP contribution >= 0.6 is 11.3 Å². The van der Waals surface area contributed by atoms with E-state index in [0.29, 0.717) is 6.42 Å². The number of hydrogen-bond acceptors (Lipinski definition) is 5. The number of aryl methyl sites for hydroxylation is 1. The first kappa shape index (κ1) is 13.9. The third kappa shape index (κ3) is 3.28. The van der Waals surface area contributed by atoms with Crippen LogP contribution in [0.25, 0.3) is 0 Å². The van der Waals surface area contributed by atoms with Crippen LogP contribution in [0.1, 0.15) is 22.3 Å². The fourth-order valence-electron chi connectivity index (χ4n) is 1.88. The summed E-state index contributed by atoms with van der Waals surface area (Å²) in [6.07, 6.45) is 0.618. The number of nitrogens with zero attached hydrogens (tertiary/aromatic N) is 1. The number of aromatic nitrogens is 1. The molecule has 2 aromatic rings. The summed E-state index contributed by atoms with van der Waals surface area (Å²) in [6.45, 7) is 1.95. The van der Waals surface area contributed by atoms with E-state index in [-0.39, 0.29) is 11.8 Å². The minimum Gasteiger partial charge on any atom is -0.494 e. The van der Waals surface area contributed by atoms with Gasteiger partial charge in [-0.2, -0.15) is 0 Å². The molecule has 1 heterocycles. The highest BCUT2D eigenvalue weighted by atomic mass is 32.1. The number of benzene rings is 1. The molecule has 0 saturated carbocycles. The van der Waals surface area contributed by atoms with Crippen molar-refractivity contribution in [2.24, 2.45) is 5.84 Å². The summed E-state index contributed by atoms with van der Waals surface area (Å²) in [4.78, 5) is 4.38. The molecule has 6 heteroatoms. The van der Waals surface area contributed by atoms with E-state index in [9.17, 15) is 4.39 Å². The van der Waals surface area contributed by atoms with Crippen molar-refractivity contribution in [2.75, 3.05) is 7.11 Å². The third-order valence-electron chi connectivity index (χ3n) is 2.86. The van der Waals surface area contributed by atoms with Crippen LogP contribution in [-0.4, -0.2) is 12.1 Å². The summed E-state index contributed by atoms with van der Waals surface area (Å²) in [6, 6.07) is 4.65. The van der Waals surface area contributed by atoms with Gasteiger partial charge >= 0.3 is 0 Å². The van der Waals surface area contributed by atoms with Crippen molar-refractivity contribution in [3.05, 3.63) is 45.7 Å². The highest BCUT2D eigenvalue weighted by Gasteiger charge is 2.14. The fourth-order valence-corrected chi connectivity index (χ4v) is 2.51. The fraction of sp³-hybridized carbons (Fsp3) is 0.308. The molecule has 19 heavy (non-hydrogen) atoms. The van der Waals surface area contributed by atoms with E-state index in [1.807, 2.05) is 12.3 Å². The lowest BCUT2D eigenvalue weighted by Crippen LogP contribution is -2.29. The second kappa shape index (κ2) is 6.10. The second-order valence-corrected chi connectivity index (χ2v) is 5.24. The number of rotatable bonds is 5. The van der Waals surface area contributed by atoms with Gasteiger partial charge in [-0.1, -0.05) is 6.07 Å². The third-order valence-corrected chi connectivity index (χ3v) is 3.68. The standard InChI is InChI=1S/C13H16FN3OS/c1-8-16-10(7-19-8)6-12(17-15)9-3-4-13(18-2)11(14)5-9/h3-5,7,12,17H,6,15H2,1-2H3. The Labute approximate surface area is 115 Å². The average Bonchev–Trinajstić information content (AvgIpc) is 2.81. The molecule has 1 aromatic heterocycles. The normalized spacial score (nSPS) is 12.4. The Balaban J connectivity index is 2.19. The van der Waals surface area contributed by atoms with Crippen molar-refractivity contribution in [1.82, 2.24) is 10.4 Å². The van der Waals surface area contributed by atoms with Crippen LogP contribution in [0.5, 0.6) is 5.75 Å². The lowest BCUT2D eigenvalue weighted by atomic mass is 10.0. The monoisotopic (exact) mass is 281 g/mol. The average molecular weight is 281 g/mol. The molecule has 0 spiro atoms. The van der Waals surface area contributed by atoms with E-state index in [4.69, 9.17) is 10.6 Å². The zero-order valence-corrected chi connectivity index (χ0v) is 11.6. The van der Waals surface area contributed by atoms with E-state index < -0.39 is 5.82 Å². The maximum Gasteiger partial charge on any atom is 0.165 e. The highest BCUT2D eigenvalue weighted by Crippen LogP contribution is 2.24. The van der Waals surface area contributed by atoms with Gasteiger partial charge in [-0.15, -0.1) is 11.3 Å². The van der Waals surface area contributed by atoms with Crippen molar-refractivity contribution in [3.63, 3.8) is 0 Å². The number of methoxy groups -OCH3 is 1. The molecule has 0 fully saturated rings. The van der Waals surface area contributed by atoms with Crippen LogP contribution in [0.3, 0.4) is 0 Å². The van der Waals surface area contributed by atoms with Crippen molar-refractivity contribution in [3.8, 4) is 5.75 Å². The van der Waals surface area contributed by atoms with Gasteiger partial charge in [-0.3, -0.25) is 11.3 Å². The molecule has 102 valence electrons. The number of hydrazine groups is 1. The second-order valence-electron chi connectivity index (χ2n) is 4.18. The molecule has 0 amide bonds. The van der Waals surface area contributed by atoms with E-state index in [1.54, 1.807) is 23.5 Å². The zero-order chi connectivity index (χ0) is 13.8. The van der Waals surface area contributed by atoms with Crippen LogP contribution < -0.4 is 16.0 Å². The summed E-state index contributed by atoms with van der Waals surface area (Å²) in [5.74, 6) is 5.38. The van der Waals surface area contributed by atoms with E-state index >= 15 is 0 Å². The van der Waals surface area contributed by atoms with E-state index in [0.717, 1.165) is 16.3 Å². The van der Waals surface area contributed by atoms with Crippen LogP contribution in [0, 0.1) is 12.7 Å². The molecule has 4 nitrogen and oxygen atoms in total. The number of nitrogens with two attached hydrogens (primary N) is 1. The molecule has 0 saturated heterocycles. The quantitative estimate of drug-likeness (QED) is 0.652. The summed E-state index contributed by atoms with van der Waals surface area (Å²) >= 11 is 1.59. The summed E-state index contributed by atoms with van der Waals surface area (Å²) in [5, 5.41) is 2.99. The molecule has 3 N–H and O–H groups in total. The maximum atomic E-state index is 13.7. The van der Waals surface area contributed by atoms with Crippen LogP contribution in [-0.2, 0) is 6.42 Å². The first-order valence-electron chi connectivity index (χ1n) is 5.84. The maximum absolute atomic E-state index is 13.7. The van der Waals surface area contributed by atoms with Gasteiger partial charge in [-0.05, 0) is 24.6 Å². The predicted molar refractivity (Wildman–Crippen MR) is 73.6 cm³/mol. The molecule has 0 aliphatic heterocycles.